The van der Waals surface area contributed by atoms with Crippen LogP contribution in [-0.2, 0) is 4.79 Å². The number of anilines is 1. The van der Waals surface area contributed by atoms with E-state index in [2.05, 4.69) is 10.6 Å². The van der Waals surface area contributed by atoms with Crippen LogP contribution in [0.15, 0.2) is 48.5 Å². The van der Waals surface area contributed by atoms with E-state index in [-0.39, 0.29) is 29.3 Å². The lowest BCUT2D eigenvalue weighted by atomic mass is 10.1. The first-order valence-electron chi connectivity index (χ1n) is 7.06. The number of nitrogens with one attached hydrogen (secondary N) is 2. The molecule has 6 heteroatoms. The van der Waals surface area contributed by atoms with Crippen molar-refractivity contribution >= 4 is 29.1 Å². The zero-order valence-corrected chi connectivity index (χ0v) is 13.2. The highest BCUT2D eigenvalue weighted by Gasteiger charge is 2.13. The zero-order chi connectivity index (χ0) is 16.8. The third kappa shape index (κ3) is 5.07. The molecule has 0 bridgehead atoms. The summed E-state index contributed by atoms with van der Waals surface area (Å²) in [5.41, 5.74) is 0.938. The Kier molecular flexibility index (Phi) is 5.71. The van der Waals surface area contributed by atoms with E-state index >= 15 is 0 Å². The molecule has 0 fully saturated rings. The van der Waals surface area contributed by atoms with Crippen molar-refractivity contribution in [3.8, 4) is 0 Å². The van der Waals surface area contributed by atoms with Gasteiger partial charge < -0.3 is 10.6 Å². The molecule has 0 aromatic heterocycles. The standard InChI is InChI=1S/C17H16ClFN2O2/c1-11(20-17(23)12-5-3-2-4-6-12)9-16(22)21-13-7-8-15(19)14(18)10-13/h2-8,10-11H,9H2,1H3,(H,20,23)(H,21,22)/t11-/m1/s1. The summed E-state index contributed by atoms with van der Waals surface area (Å²) in [5.74, 6) is -1.09. The van der Waals surface area contributed by atoms with Crippen LogP contribution in [0.5, 0.6) is 0 Å². The molecular formula is C17H16ClFN2O2. The Balaban J connectivity index is 1.87. The van der Waals surface area contributed by atoms with Gasteiger partial charge in [0.2, 0.25) is 5.91 Å². The molecule has 2 rings (SSSR count). The van der Waals surface area contributed by atoms with E-state index < -0.39 is 5.82 Å². The molecule has 23 heavy (non-hydrogen) atoms. The predicted molar refractivity (Wildman–Crippen MR) is 88.0 cm³/mol. The molecule has 0 unspecified atom stereocenters. The summed E-state index contributed by atoms with van der Waals surface area (Å²) in [7, 11) is 0. The van der Waals surface area contributed by atoms with Crippen LogP contribution in [0.1, 0.15) is 23.7 Å². The third-order valence-electron chi connectivity index (χ3n) is 3.11. The van der Waals surface area contributed by atoms with E-state index in [1.165, 1.54) is 18.2 Å². The second-order valence-electron chi connectivity index (χ2n) is 5.12. The summed E-state index contributed by atoms with van der Waals surface area (Å²) < 4.78 is 13.1. The minimum Gasteiger partial charge on any atom is -0.349 e. The third-order valence-corrected chi connectivity index (χ3v) is 3.40. The number of benzene rings is 2. The number of hydrogen-bond acceptors (Lipinski definition) is 2. The Bertz CT molecular complexity index is 707. The van der Waals surface area contributed by atoms with Gasteiger partial charge in [-0.25, -0.2) is 4.39 Å². The van der Waals surface area contributed by atoms with Crippen molar-refractivity contribution < 1.29 is 14.0 Å². The topological polar surface area (TPSA) is 58.2 Å². The van der Waals surface area contributed by atoms with Gasteiger partial charge in [0.25, 0.3) is 5.91 Å². The Morgan fingerprint density at radius 1 is 1.17 bits per heavy atom. The van der Waals surface area contributed by atoms with Crippen molar-refractivity contribution in [3.05, 3.63) is 64.9 Å². The molecule has 0 aliphatic heterocycles. The average Bonchev–Trinajstić information content (AvgIpc) is 2.51. The van der Waals surface area contributed by atoms with E-state index in [0.29, 0.717) is 11.3 Å². The van der Waals surface area contributed by atoms with E-state index in [4.69, 9.17) is 11.6 Å². The number of halogens is 2. The van der Waals surface area contributed by atoms with Crippen LogP contribution in [0.3, 0.4) is 0 Å². The summed E-state index contributed by atoms with van der Waals surface area (Å²) >= 11 is 5.66. The van der Waals surface area contributed by atoms with Gasteiger partial charge >= 0.3 is 0 Å². The van der Waals surface area contributed by atoms with Gasteiger partial charge in [-0.3, -0.25) is 9.59 Å². The lowest BCUT2D eigenvalue weighted by Crippen LogP contribution is -2.35. The van der Waals surface area contributed by atoms with Crippen molar-refractivity contribution in [1.29, 1.82) is 0 Å². The first-order chi connectivity index (χ1) is 11.0. The van der Waals surface area contributed by atoms with Crippen molar-refractivity contribution in [1.82, 2.24) is 5.32 Å². The van der Waals surface area contributed by atoms with Gasteiger partial charge in [0.15, 0.2) is 0 Å². The number of amides is 2. The van der Waals surface area contributed by atoms with E-state index in [0.717, 1.165) is 0 Å². The van der Waals surface area contributed by atoms with Crippen molar-refractivity contribution in [2.24, 2.45) is 0 Å². The largest absolute Gasteiger partial charge is 0.349 e. The number of carbonyl (C=O) groups is 2. The molecule has 0 spiro atoms. The van der Waals surface area contributed by atoms with Gasteiger partial charge in [-0.05, 0) is 37.3 Å². The summed E-state index contributed by atoms with van der Waals surface area (Å²) in [6.07, 6.45) is 0.0908. The molecule has 2 amide bonds. The Hall–Kier alpha value is -2.40. The monoisotopic (exact) mass is 334 g/mol. The fraction of sp³-hybridized carbons (Fsp3) is 0.176. The minimum atomic E-state index is -0.548. The van der Waals surface area contributed by atoms with Crippen molar-refractivity contribution in [3.63, 3.8) is 0 Å². The van der Waals surface area contributed by atoms with Gasteiger partial charge in [0.05, 0.1) is 5.02 Å². The highest BCUT2D eigenvalue weighted by Crippen LogP contribution is 2.19. The lowest BCUT2D eigenvalue weighted by molar-refractivity contribution is -0.116. The lowest BCUT2D eigenvalue weighted by Gasteiger charge is -2.14. The van der Waals surface area contributed by atoms with E-state index in [1.54, 1.807) is 31.2 Å². The first-order valence-corrected chi connectivity index (χ1v) is 7.44. The van der Waals surface area contributed by atoms with E-state index in [9.17, 15) is 14.0 Å². The van der Waals surface area contributed by atoms with Crippen LogP contribution in [0.2, 0.25) is 5.02 Å². The smallest absolute Gasteiger partial charge is 0.251 e. The highest BCUT2D eigenvalue weighted by molar-refractivity contribution is 6.31. The summed E-state index contributed by atoms with van der Waals surface area (Å²) in [6.45, 7) is 1.73. The molecule has 2 N–H and O–H groups in total. The van der Waals surface area contributed by atoms with Gasteiger partial charge in [-0.15, -0.1) is 0 Å². The van der Waals surface area contributed by atoms with Crippen LogP contribution < -0.4 is 10.6 Å². The maximum Gasteiger partial charge on any atom is 0.251 e. The van der Waals surface area contributed by atoms with Crippen LogP contribution in [0.4, 0.5) is 10.1 Å². The number of rotatable bonds is 5. The molecule has 0 saturated heterocycles. The first kappa shape index (κ1) is 17.0. The summed E-state index contributed by atoms with van der Waals surface area (Å²) in [5, 5.41) is 5.30. The molecule has 0 radical (unpaired) electrons. The fourth-order valence-corrected chi connectivity index (χ4v) is 2.19. The SMILES string of the molecule is C[C@H](CC(=O)Nc1ccc(F)c(Cl)c1)NC(=O)c1ccccc1. The molecule has 120 valence electrons. The fourth-order valence-electron chi connectivity index (χ4n) is 2.01. The molecule has 0 saturated carbocycles. The molecular weight excluding hydrogens is 319 g/mol. The summed E-state index contributed by atoms with van der Waals surface area (Å²) in [6, 6.07) is 12.3. The van der Waals surface area contributed by atoms with Crippen molar-refractivity contribution in [2.45, 2.75) is 19.4 Å². The molecule has 0 heterocycles. The average molecular weight is 335 g/mol. The molecule has 0 aliphatic carbocycles. The van der Waals surface area contributed by atoms with Gasteiger partial charge in [0.1, 0.15) is 5.82 Å². The van der Waals surface area contributed by atoms with Gasteiger partial charge in [-0.1, -0.05) is 29.8 Å². The van der Waals surface area contributed by atoms with Crippen LogP contribution in [-0.4, -0.2) is 17.9 Å². The van der Waals surface area contributed by atoms with Crippen LogP contribution in [0.25, 0.3) is 0 Å². The second kappa shape index (κ2) is 7.74. The quantitative estimate of drug-likeness (QED) is 0.877. The Labute approximate surface area is 138 Å². The molecule has 4 nitrogen and oxygen atoms in total. The summed E-state index contributed by atoms with van der Waals surface area (Å²) in [4.78, 5) is 23.9. The van der Waals surface area contributed by atoms with Crippen LogP contribution in [0, 0.1) is 5.82 Å². The number of carbonyl (C=O) groups excluding carboxylic acids is 2. The molecule has 2 aromatic carbocycles. The maximum atomic E-state index is 13.1. The predicted octanol–water partition coefficient (Wildman–Crippen LogP) is 3.63. The Morgan fingerprint density at radius 2 is 1.87 bits per heavy atom. The van der Waals surface area contributed by atoms with Gasteiger partial charge in [-0.2, -0.15) is 0 Å². The van der Waals surface area contributed by atoms with Crippen molar-refractivity contribution in [2.75, 3.05) is 5.32 Å². The minimum absolute atomic E-state index is 0.0618. The molecule has 1 atom stereocenters. The van der Waals surface area contributed by atoms with Gasteiger partial charge in [0, 0.05) is 23.7 Å². The Morgan fingerprint density at radius 3 is 2.52 bits per heavy atom. The number of hydrogen-bond donors (Lipinski definition) is 2. The zero-order valence-electron chi connectivity index (χ0n) is 12.5. The van der Waals surface area contributed by atoms with E-state index in [1.807, 2.05) is 6.07 Å². The van der Waals surface area contributed by atoms with Crippen LogP contribution >= 0.6 is 11.6 Å². The molecule has 0 aliphatic rings. The highest BCUT2D eigenvalue weighted by atomic mass is 35.5. The second-order valence-corrected chi connectivity index (χ2v) is 5.53. The molecule has 2 aromatic rings. The maximum absolute atomic E-state index is 13.1. The normalized spacial score (nSPS) is 11.6.